The lowest BCUT2D eigenvalue weighted by Crippen LogP contribution is -2.38. The molecule has 8 nitrogen and oxygen atoms in total. The van der Waals surface area contributed by atoms with Crippen LogP contribution >= 0.6 is 0 Å². The van der Waals surface area contributed by atoms with Crippen LogP contribution in [0.5, 0.6) is 0 Å². The maximum absolute atomic E-state index is 14.2. The number of hydrogen-bond acceptors (Lipinski definition) is 5. The van der Waals surface area contributed by atoms with Crippen molar-refractivity contribution in [3.05, 3.63) is 54.1 Å². The van der Waals surface area contributed by atoms with Crippen LogP contribution in [0.2, 0.25) is 0 Å². The second-order valence-electron chi connectivity index (χ2n) is 9.94. The molecule has 1 N–H and O–H groups in total. The van der Waals surface area contributed by atoms with Gasteiger partial charge in [-0.05, 0) is 55.9 Å². The lowest BCUT2D eigenvalue weighted by atomic mass is 9.88. The van der Waals surface area contributed by atoms with Gasteiger partial charge in [0.25, 0.3) is 5.91 Å². The lowest BCUT2D eigenvalue weighted by molar-refractivity contribution is -0.120. The highest BCUT2D eigenvalue weighted by atomic mass is 16.5. The van der Waals surface area contributed by atoms with Crippen molar-refractivity contribution in [1.29, 1.82) is 0 Å². The molecule has 1 aromatic carbocycles. The van der Waals surface area contributed by atoms with Gasteiger partial charge in [-0.1, -0.05) is 25.3 Å². The summed E-state index contributed by atoms with van der Waals surface area (Å²) >= 11 is 0. The van der Waals surface area contributed by atoms with E-state index in [1.165, 1.54) is 6.42 Å². The lowest BCUT2D eigenvalue weighted by Gasteiger charge is -2.36. The quantitative estimate of drug-likeness (QED) is 0.506. The van der Waals surface area contributed by atoms with Crippen LogP contribution in [-0.2, 0) is 16.1 Å². The van der Waals surface area contributed by atoms with E-state index in [1.807, 2.05) is 39.9 Å². The van der Waals surface area contributed by atoms with Crippen LogP contribution in [0.3, 0.4) is 0 Å². The normalized spacial score (nSPS) is 18.9. The molecule has 1 unspecified atom stereocenters. The number of hydrogen-bond donors (Lipinski definition) is 1. The summed E-state index contributed by atoms with van der Waals surface area (Å²) in [5.74, 6) is 0.0314. The van der Waals surface area contributed by atoms with Gasteiger partial charge in [0, 0.05) is 44.2 Å². The molecule has 1 saturated heterocycles. The Kier molecular flexibility index (Phi) is 7.60. The zero-order valence-electron chi connectivity index (χ0n) is 21.0. The Hall–Kier alpha value is -3.26. The van der Waals surface area contributed by atoms with Gasteiger partial charge in [-0.15, -0.1) is 0 Å². The molecule has 2 fully saturated rings. The van der Waals surface area contributed by atoms with Gasteiger partial charge in [0.2, 0.25) is 5.91 Å². The maximum atomic E-state index is 14.2. The number of rotatable bonds is 7. The summed E-state index contributed by atoms with van der Waals surface area (Å²) in [7, 11) is 1.66. The highest BCUT2D eigenvalue weighted by Gasteiger charge is 2.31. The fraction of sp³-hybridized carbons (Fsp3) is 0.500. The van der Waals surface area contributed by atoms with E-state index in [9.17, 15) is 9.59 Å². The summed E-state index contributed by atoms with van der Waals surface area (Å²) < 4.78 is 7.27. The summed E-state index contributed by atoms with van der Waals surface area (Å²) in [6.45, 7) is 1.79. The number of piperidine rings is 1. The fourth-order valence-electron chi connectivity index (χ4n) is 5.66. The molecule has 1 atom stereocenters. The number of pyridine rings is 1. The molecular weight excluding hydrogens is 454 g/mol. The first-order valence-electron chi connectivity index (χ1n) is 13.2. The van der Waals surface area contributed by atoms with Crippen molar-refractivity contribution in [3.63, 3.8) is 0 Å². The SMILES string of the molecule is COCCn1cnc2cc(NC(=O)C3CCCCC3)cc(C(=O)N3CCCCC3c3cccnc3)c21. The molecule has 2 amide bonds. The number of ether oxygens (including phenoxy) is 1. The van der Waals surface area contributed by atoms with E-state index in [1.54, 1.807) is 19.6 Å². The molecule has 190 valence electrons. The molecule has 8 heteroatoms. The number of amides is 2. The average molecular weight is 490 g/mol. The molecule has 1 aliphatic carbocycles. The number of nitrogens with one attached hydrogen (secondary N) is 1. The molecule has 0 radical (unpaired) electrons. The van der Waals surface area contributed by atoms with E-state index in [4.69, 9.17) is 4.74 Å². The molecule has 2 aromatic heterocycles. The first-order valence-corrected chi connectivity index (χ1v) is 13.2. The second kappa shape index (κ2) is 11.2. The fourth-order valence-corrected chi connectivity index (χ4v) is 5.66. The van der Waals surface area contributed by atoms with Crippen molar-refractivity contribution >= 4 is 28.5 Å². The van der Waals surface area contributed by atoms with Crippen LogP contribution in [0.1, 0.15) is 73.3 Å². The topological polar surface area (TPSA) is 89.3 Å². The monoisotopic (exact) mass is 489 g/mol. The standard InChI is InChI=1S/C28H35N5O3/c1-36-15-14-32-19-30-24-17-22(31-27(34)20-8-3-2-4-9-20)16-23(26(24)32)28(35)33-13-6-5-11-25(33)21-10-7-12-29-18-21/h7,10,12,16-20,25H,2-6,8-9,11,13-15H2,1H3,(H,31,34). The summed E-state index contributed by atoms with van der Waals surface area (Å²) in [5, 5.41) is 3.10. The Labute approximate surface area is 212 Å². The first kappa shape index (κ1) is 24.4. The van der Waals surface area contributed by atoms with Gasteiger partial charge in [-0.2, -0.15) is 0 Å². The number of carbonyl (C=O) groups excluding carboxylic acids is 2. The summed E-state index contributed by atoms with van der Waals surface area (Å²) in [4.78, 5) is 38.1. The van der Waals surface area contributed by atoms with Gasteiger partial charge in [0.15, 0.2) is 0 Å². The number of benzene rings is 1. The van der Waals surface area contributed by atoms with Gasteiger partial charge >= 0.3 is 0 Å². The van der Waals surface area contributed by atoms with E-state index in [0.29, 0.717) is 36.5 Å². The first-order chi connectivity index (χ1) is 17.7. The smallest absolute Gasteiger partial charge is 0.256 e. The van der Waals surface area contributed by atoms with Crippen LogP contribution in [-0.4, -0.2) is 51.5 Å². The molecule has 3 heterocycles. The number of methoxy groups -OCH3 is 1. The Balaban J connectivity index is 1.51. The molecule has 36 heavy (non-hydrogen) atoms. The molecular formula is C28H35N5O3. The Morgan fingerprint density at radius 1 is 1.11 bits per heavy atom. The van der Waals surface area contributed by atoms with E-state index in [0.717, 1.165) is 56.0 Å². The molecule has 1 saturated carbocycles. The number of fused-ring (bicyclic) bond motifs is 1. The number of nitrogens with zero attached hydrogens (tertiary/aromatic N) is 4. The third-order valence-electron chi connectivity index (χ3n) is 7.56. The highest BCUT2D eigenvalue weighted by Crippen LogP contribution is 2.34. The van der Waals surface area contributed by atoms with Gasteiger partial charge in [-0.3, -0.25) is 14.6 Å². The highest BCUT2D eigenvalue weighted by molar-refractivity contribution is 6.08. The molecule has 0 spiro atoms. The Morgan fingerprint density at radius 2 is 1.94 bits per heavy atom. The minimum absolute atomic E-state index is 0.0224. The maximum Gasteiger partial charge on any atom is 0.256 e. The number of anilines is 1. The van der Waals surface area contributed by atoms with Crippen LogP contribution in [0.15, 0.2) is 43.0 Å². The number of carbonyl (C=O) groups is 2. The van der Waals surface area contributed by atoms with Gasteiger partial charge in [0.1, 0.15) is 0 Å². The minimum Gasteiger partial charge on any atom is -0.383 e. The van der Waals surface area contributed by atoms with Crippen molar-refractivity contribution in [1.82, 2.24) is 19.4 Å². The zero-order chi connectivity index (χ0) is 24.9. The van der Waals surface area contributed by atoms with Crippen molar-refractivity contribution in [3.8, 4) is 0 Å². The van der Waals surface area contributed by atoms with Crippen molar-refractivity contribution in [2.24, 2.45) is 5.92 Å². The second-order valence-corrected chi connectivity index (χ2v) is 9.94. The van der Waals surface area contributed by atoms with Crippen molar-refractivity contribution in [2.75, 3.05) is 25.6 Å². The largest absolute Gasteiger partial charge is 0.383 e. The van der Waals surface area contributed by atoms with Crippen molar-refractivity contribution in [2.45, 2.75) is 64.0 Å². The molecule has 0 bridgehead atoms. The van der Waals surface area contributed by atoms with E-state index < -0.39 is 0 Å². The third-order valence-corrected chi connectivity index (χ3v) is 7.56. The van der Waals surface area contributed by atoms with Gasteiger partial charge in [-0.25, -0.2) is 4.98 Å². The third kappa shape index (κ3) is 5.14. The van der Waals surface area contributed by atoms with Crippen LogP contribution < -0.4 is 5.32 Å². The van der Waals surface area contributed by atoms with Gasteiger partial charge in [0.05, 0.1) is 35.6 Å². The molecule has 2 aliphatic rings. The summed E-state index contributed by atoms with van der Waals surface area (Å²) in [6.07, 6.45) is 13.5. The number of aromatic nitrogens is 3. The Bertz CT molecular complexity index is 1200. The zero-order valence-corrected chi connectivity index (χ0v) is 21.0. The summed E-state index contributed by atoms with van der Waals surface area (Å²) in [5.41, 5.74) is 3.73. The van der Waals surface area contributed by atoms with Crippen LogP contribution in [0.4, 0.5) is 5.69 Å². The predicted molar refractivity (Wildman–Crippen MR) is 139 cm³/mol. The average Bonchev–Trinajstić information content (AvgIpc) is 3.34. The molecule has 5 rings (SSSR count). The van der Waals surface area contributed by atoms with Crippen LogP contribution in [0, 0.1) is 5.92 Å². The van der Waals surface area contributed by atoms with Crippen LogP contribution in [0.25, 0.3) is 11.0 Å². The molecule has 1 aliphatic heterocycles. The van der Waals surface area contributed by atoms with E-state index in [2.05, 4.69) is 15.3 Å². The molecule has 3 aromatic rings. The Morgan fingerprint density at radius 3 is 2.72 bits per heavy atom. The van der Waals surface area contributed by atoms with E-state index >= 15 is 0 Å². The summed E-state index contributed by atoms with van der Waals surface area (Å²) in [6, 6.07) is 7.66. The predicted octanol–water partition coefficient (Wildman–Crippen LogP) is 4.96. The van der Waals surface area contributed by atoms with E-state index in [-0.39, 0.29) is 23.8 Å². The minimum atomic E-state index is -0.0403. The van der Waals surface area contributed by atoms with Gasteiger partial charge < -0.3 is 19.5 Å². The van der Waals surface area contributed by atoms with Crippen molar-refractivity contribution < 1.29 is 14.3 Å². The number of imidazole rings is 1. The number of likely N-dealkylation sites (tertiary alicyclic amines) is 1.